The van der Waals surface area contributed by atoms with Gasteiger partial charge in [0.25, 0.3) is 0 Å². The zero-order valence-electron chi connectivity index (χ0n) is 12.4. The Labute approximate surface area is 127 Å². The molecule has 2 aromatic carbocycles. The van der Waals surface area contributed by atoms with Crippen LogP contribution < -0.4 is 0 Å². The summed E-state index contributed by atoms with van der Waals surface area (Å²) in [6.07, 6.45) is 0. The maximum absolute atomic E-state index is 13.1. The third kappa shape index (κ3) is 2.77. The van der Waals surface area contributed by atoms with Gasteiger partial charge in [-0.2, -0.15) is 0 Å². The quantitative estimate of drug-likeness (QED) is 0.712. The molecule has 0 amide bonds. The van der Waals surface area contributed by atoms with Crippen LogP contribution in [0.3, 0.4) is 0 Å². The summed E-state index contributed by atoms with van der Waals surface area (Å²) in [5.41, 5.74) is 3.23. The summed E-state index contributed by atoms with van der Waals surface area (Å²) in [4.78, 5) is 7.94. The maximum atomic E-state index is 13.1. The number of benzene rings is 2. The monoisotopic (exact) mass is 298 g/mol. The van der Waals surface area contributed by atoms with Crippen molar-refractivity contribution in [1.29, 1.82) is 0 Å². The molecule has 0 aliphatic rings. The van der Waals surface area contributed by atoms with E-state index in [1.165, 1.54) is 24.3 Å². The summed E-state index contributed by atoms with van der Waals surface area (Å²) >= 11 is 0. The van der Waals surface area contributed by atoms with Gasteiger partial charge in [-0.1, -0.05) is 13.8 Å². The van der Waals surface area contributed by atoms with Gasteiger partial charge in [-0.3, -0.25) is 0 Å². The number of hydrogen-bond acceptors (Lipinski definition) is 1. The van der Waals surface area contributed by atoms with Gasteiger partial charge < -0.3 is 4.98 Å². The molecule has 0 saturated heterocycles. The Balaban J connectivity index is 2.15. The molecule has 112 valence electrons. The van der Waals surface area contributed by atoms with Crippen LogP contribution >= 0.6 is 0 Å². The molecule has 0 radical (unpaired) electrons. The number of H-pyrrole nitrogens is 1. The third-order valence-corrected chi connectivity index (χ3v) is 3.52. The molecular weight excluding hydrogens is 282 g/mol. The summed E-state index contributed by atoms with van der Waals surface area (Å²) in [6.45, 7) is 4.09. The molecule has 1 heterocycles. The van der Waals surface area contributed by atoms with Crippen LogP contribution in [0.4, 0.5) is 8.78 Å². The molecule has 0 fully saturated rings. The first-order chi connectivity index (χ1) is 10.5. The number of nitrogens with zero attached hydrogens (tertiary/aromatic N) is 1. The van der Waals surface area contributed by atoms with Crippen LogP contribution in [0.15, 0.2) is 48.5 Å². The molecule has 3 rings (SSSR count). The Morgan fingerprint density at radius 3 is 1.82 bits per heavy atom. The molecule has 0 saturated carbocycles. The Kier molecular flexibility index (Phi) is 3.75. The van der Waals surface area contributed by atoms with Gasteiger partial charge in [0.2, 0.25) is 0 Å². The molecule has 0 aliphatic heterocycles. The zero-order chi connectivity index (χ0) is 15.7. The van der Waals surface area contributed by atoms with Crippen molar-refractivity contribution in [2.45, 2.75) is 19.8 Å². The number of nitrogens with one attached hydrogen (secondary N) is 1. The van der Waals surface area contributed by atoms with E-state index < -0.39 is 0 Å². The Bertz CT molecular complexity index is 709. The molecule has 0 aliphatic carbocycles. The fourth-order valence-electron chi connectivity index (χ4n) is 2.31. The number of rotatable bonds is 3. The van der Waals surface area contributed by atoms with Gasteiger partial charge in [0, 0.05) is 17.0 Å². The molecule has 1 aromatic heterocycles. The minimum Gasteiger partial charge on any atom is -0.341 e. The highest BCUT2D eigenvalue weighted by molar-refractivity contribution is 5.78. The molecule has 0 atom stereocenters. The lowest BCUT2D eigenvalue weighted by molar-refractivity contribution is 0.627. The first-order valence-electron chi connectivity index (χ1n) is 7.16. The second kappa shape index (κ2) is 5.72. The predicted octanol–water partition coefficient (Wildman–Crippen LogP) is 5.15. The molecule has 1 N–H and O–H groups in total. The lowest BCUT2D eigenvalue weighted by atomic mass is 10.1. The van der Waals surface area contributed by atoms with E-state index in [2.05, 4.69) is 9.97 Å². The lowest BCUT2D eigenvalue weighted by Gasteiger charge is -2.03. The summed E-state index contributed by atoms with van der Waals surface area (Å²) in [5, 5.41) is 0. The van der Waals surface area contributed by atoms with Crippen molar-refractivity contribution in [3.8, 4) is 22.5 Å². The SMILES string of the molecule is CC(C)c1nc(-c2ccc(F)cc2)c(-c2ccc(F)cc2)[nH]1. The number of hydrogen-bond donors (Lipinski definition) is 1. The summed E-state index contributed by atoms with van der Waals surface area (Å²) in [5.74, 6) is 0.509. The first-order valence-corrected chi connectivity index (χ1v) is 7.16. The van der Waals surface area contributed by atoms with Crippen LogP contribution in [0.25, 0.3) is 22.5 Å². The van der Waals surface area contributed by atoms with Gasteiger partial charge >= 0.3 is 0 Å². The Morgan fingerprint density at radius 2 is 1.32 bits per heavy atom. The lowest BCUT2D eigenvalue weighted by Crippen LogP contribution is -1.89. The fourth-order valence-corrected chi connectivity index (χ4v) is 2.31. The van der Waals surface area contributed by atoms with E-state index >= 15 is 0 Å². The van der Waals surface area contributed by atoms with Gasteiger partial charge in [0.15, 0.2) is 0 Å². The van der Waals surface area contributed by atoms with Gasteiger partial charge in [-0.15, -0.1) is 0 Å². The number of imidazole rings is 1. The van der Waals surface area contributed by atoms with Crippen molar-refractivity contribution in [1.82, 2.24) is 9.97 Å². The number of aromatic amines is 1. The smallest absolute Gasteiger partial charge is 0.123 e. The van der Waals surface area contributed by atoms with Gasteiger partial charge in [0.05, 0.1) is 11.4 Å². The van der Waals surface area contributed by atoms with E-state index in [0.717, 1.165) is 28.3 Å². The average Bonchev–Trinajstić information content (AvgIpc) is 2.94. The van der Waals surface area contributed by atoms with E-state index in [0.29, 0.717) is 0 Å². The molecule has 4 heteroatoms. The van der Waals surface area contributed by atoms with E-state index in [4.69, 9.17) is 0 Å². The highest BCUT2D eigenvalue weighted by atomic mass is 19.1. The number of aromatic nitrogens is 2. The molecule has 0 bridgehead atoms. The van der Waals surface area contributed by atoms with E-state index in [1.807, 2.05) is 13.8 Å². The second-order valence-electron chi connectivity index (χ2n) is 5.51. The molecular formula is C18H16F2N2. The van der Waals surface area contributed by atoms with E-state index in [-0.39, 0.29) is 17.6 Å². The molecule has 22 heavy (non-hydrogen) atoms. The average molecular weight is 298 g/mol. The van der Waals surface area contributed by atoms with Gasteiger partial charge in [-0.25, -0.2) is 13.8 Å². The van der Waals surface area contributed by atoms with E-state index in [9.17, 15) is 8.78 Å². The van der Waals surface area contributed by atoms with Crippen LogP contribution in [0, 0.1) is 11.6 Å². The zero-order valence-corrected chi connectivity index (χ0v) is 12.4. The normalized spacial score (nSPS) is 11.1. The van der Waals surface area contributed by atoms with Crippen molar-refractivity contribution in [3.63, 3.8) is 0 Å². The molecule has 2 nitrogen and oxygen atoms in total. The molecule has 3 aromatic rings. The van der Waals surface area contributed by atoms with Gasteiger partial charge in [-0.05, 0) is 48.5 Å². The minimum absolute atomic E-state index is 0.230. The summed E-state index contributed by atoms with van der Waals surface area (Å²) in [6, 6.07) is 12.5. The van der Waals surface area contributed by atoms with E-state index in [1.54, 1.807) is 24.3 Å². The topological polar surface area (TPSA) is 28.7 Å². The van der Waals surface area contributed by atoms with Crippen molar-refractivity contribution >= 4 is 0 Å². The van der Waals surface area contributed by atoms with Crippen LogP contribution in [0.2, 0.25) is 0 Å². The number of halogens is 2. The van der Waals surface area contributed by atoms with Crippen LogP contribution in [0.1, 0.15) is 25.6 Å². The molecule has 0 spiro atoms. The Hall–Kier alpha value is -2.49. The van der Waals surface area contributed by atoms with Crippen LogP contribution in [0.5, 0.6) is 0 Å². The van der Waals surface area contributed by atoms with Gasteiger partial charge in [0.1, 0.15) is 17.5 Å². The summed E-state index contributed by atoms with van der Waals surface area (Å²) in [7, 11) is 0. The van der Waals surface area contributed by atoms with Crippen LogP contribution in [-0.4, -0.2) is 9.97 Å². The van der Waals surface area contributed by atoms with Crippen molar-refractivity contribution in [2.75, 3.05) is 0 Å². The van der Waals surface area contributed by atoms with Crippen molar-refractivity contribution in [3.05, 3.63) is 66.0 Å². The standard InChI is InChI=1S/C18H16F2N2/c1-11(2)18-21-16(12-3-7-14(19)8-4-12)17(22-18)13-5-9-15(20)10-6-13/h3-11H,1-2H3,(H,21,22). The Morgan fingerprint density at radius 1 is 0.818 bits per heavy atom. The maximum Gasteiger partial charge on any atom is 0.123 e. The van der Waals surface area contributed by atoms with Crippen molar-refractivity contribution < 1.29 is 8.78 Å². The molecule has 0 unspecified atom stereocenters. The largest absolute Gasteiger partial charge is 0.341 e. The first kappa shape index (κ1) is 14.4. The fraction of sp³-hybridized carbons (Fsp3) is 0.167. The highest BCUT2D eigenvalue weighted by Gasteiger charge is 2.15. The summed E-state index contributed by atoms with van der Waals surface area (Å²) < 4.78 is 26.3. The highest BCUT2D eigenvalue weighted by Crippen LogP contribution is 2.32. The third-order valence-electron chi connectivity index (χ3n) is 3.52. The van der Waals surface area contributed by atoms with Crippen molar-refractivity contribution in [2.24, 2.45) is 0 Å². The predicted molar refractivity (Wildman–Crippen MR) is 83.5 cm³/mol. The minimum atomic E-state index is -0.285. The second-order valence-corrected chi connectivity index (χ2v) is 5.51. The van der Waals surface area contributed by atoms with Crippen LogP contribution in [-0.2, 0) is 0 Å².